The number of anilines is 2. The first-order chi connectivity index (χ1) is 17.7. The molecule has 0 saturated carbocycles. The van der Waals surface area contributed by atoms with Gasteiger partial charge >= 0.3 is 6.09 Å². The Bertz CT molecular complexity index is 1390. The van der Waals surface area contributed by atoms with Crippen molar-refractivity contribution in [1.29, 1.82) is 0 Å². The lowest BCUT2D eigenvalue weighted by atomic mass is 10.1. The highest BCUT2D eigenvalue weighted by Crippen LogP contribution is 2.27. The van der Waals surface area contributed by atoms with E-state index in [9.17, 15) is 4.79 Å². The summed E-state index contributed by atoms with van der Waals surface area (Å²) in [7, 11) is 1.93. The molecule has 2 N–H and O–H groups in total. The second-order valence-corrected chi connectivity index (χ2v) is 10.4. The predicted octanol–water partition coefficient (Wildman–Crippen LogP) is 4.72. The Labute approximate surface area is 216 Å². The van der Waals surface area contributed by atoms with E-state index in [1.807, 2.05) is 63.0 Å². The van der Waals surface area contributed by atoms with Gasteiger partial charge in [-0.25, -0.2) is 14.8 Å². The van der Waals surface area contributed by atoms with Crippen molar-refractivity contribution in [2.45, 2.75) is 39.3 Å². The van der Waals surface area contributed by atoms with Gasteiger partial charge in [0, 0.05) is 57.2 Å². The van der Waals surface area contributed by atoms with Crippen LogP contribution in [0.15, 0.2) is 48.8 Å². The molecular weight excluding hydrogens is 468 g/mol. The number of pyridine rings is 1. The Balaban J connectivity index is 1.24. The van der Waals surface area contributed by atoms with Gasteiger partial charge in [0.25, 0.3) is 0 Å². The first-order valence-corrected chi connectivity index (χ1v) is 12.6. The summed E-state index contributed by atoms with van der Waals surface area (Å²) in [6.45, 7) is 10.7. The maximum Gasteiger partial charge on any atom is 0.410 e. The van der Waals surface area contributed by atoms with Crippen LogP contribution in [-0.2, 0) is 11.8 Å². The van der Waals surface area contributed by atoms with Crippen molar-refractivity contribution < 1.29 is 9.53 Å². The van der Waals surface area contributed by atoms with Gasteiger partial charge in [-0.15, -0.1) is 0 Å². The lowest BCUT2D eigenvalue weighted by Crippen LogP contribution is -2.50. The number of fused-ring (bicyclic) bond motifs is 1. The van der Waals surface area contributed by atoms with Gasteiger partial charge in [0.2, 0.25) is 5.95 Å². The van der Waals surface area contributed by atoms with Crippen molar-refractivity contribution >= 4 is 28.9 Å². The van der Waals surface area contributed by atoms with Gasteiger partial charge in [-0.05, 0) is 63.6 Å². The number of hydrogen-bond acceptors (Lipinski definition) is 7. The van der Waals surface area contributed by atoms with E-state index in [0.29, 0.717) is 19.0 Å². The number of ether oxygens (including phenoxy) is 1. The fourth-order valence-corrected chi connectivity index (χ4v) is 4.61. The van der Waals surface area contributed by atoms with Crippen LogP contribution in [-0.4, -0.2) is 72.4 Å². The second kappa shape index (κ2) is 9.85. The molecule has 37 heavy (non-hydrogen) atoms. The zero-order valence-corrected chi connectivity index (χ0v) is 22.0. The Morgan fingerprint density at radius 1 is 1.08 bits per heavy atom. The summed E-state index contributed by atoms with van der Waals surface area (Å²) < 4.78 is 7.37. The minimum Gasteiger partial charge on any atom is -0.444 e. The lowest BCUT2D eigenvalue weighted by Gasteiger charge is -2.38. The SMILES string of the molecule is CC(c1ccnc(Nc2nc3ccc(-c4ccnn4C)cc3[nH]2)c1)N1CCN(C(=O)OC(C)(C)C)CC1. The van der Waals surface area contributed by atoms with E-state index in [2.05, 4.69) is 49.3 Å². The first kappa shape index (κ1) is 24.8. The Morgan fingerprint density at radius 3 is 2.57 bits per heavy atom. The number of carbonyl (C=O) groups excluding carboxylic acids is 1. The minimum absolute atomic E-state index is 0.182. The standard InChI is InChI=1S/C27H34N8O2/c1-18(34-12-14-35(15-13-34)26(36)37-27(2,3)4)19-8-10-28-24(17-19)32-25-30-21-7-6-20(16-22(21)31-25)23-9-11-29-33(23)5/h6-11,16-18H,12-15H2,1-5H3,(H2,28,30,31,32). The van der Waals surface area contributed by atoms with Crippen LogP contribution in [0.2, 0.25) is 0 Å². The summed E-state index contributed by atoms with van der Waals surface area (Å²) in [5.74, 6) is 1.36. The number of carbonyl (C=O) groups is 1. The third-order valence-electron chi connectivity index (χ3n) is 6.63. The molecule has 1 atom stereocenters. The fraction of sp³-hybridized carbons (Fsp3) is 0.407. The molecule has 1 fully saturated rings. The van der Waals surface area contributed by atoms with E-state index in [-0.39, 0.29) is 12.1 Å². The van der Waals surface area contributed by atoms with Crippen molar-refractivity contribution in [2.24, 2.45) is 7.05 Å². The molecule has 1 aromatic carbocycles. The van der Waals surface area contributed by atoms with E-state index in [1.165, 1.54) is 0 Å². The highest BCUT2D eigenvalue weighted by atomic mass is 16.6. The number of hydrogen-bond donors (Lipinski definition) is 2. The molecule has 0 radical (unpaired) electrons. The van der Waals surface area contributed by atoms with Crippen molar-refractivity contribution in [3.63, 3.8) is 0 Å². The molecule has 0 aliphatic carbocycles. The number of piperazine rings is 1. The lowest BCUT2D eigenvalue weighted by molar-refractivity contribution is 0.0110. The third kappa shape index (κ3) is 5.59. The maximum absolute atomic E-state index is 12.4. The molecule has 1 unspecified atom stereocenters. The molecule has 1 amide bonds. The third-order valence-corrected chi connectivity index (χ3v) is 6.63. The van der Waals surface area contributed by atoms with Crippen LogP contribution in [0.4, 0.5) is 16.6 Å². The second-order valence-electron chi connectivity index (χ2n) is 10.4. The zero-order chi connectivity index (χ0) is 26.2. The van der Waals surface area contributed by atoms with E-state index >= 15 is 0 Å². The smallest absolute Gasteiger partial charge is 0.410 e. The van der Waals surface area contributed by atoms with Gasteiger partial charge in [-0.2, -0.15) is 5.10 Å². The predicted molar refractivity (Wildman–Crippen MR) is 144 cm³/mol. The number of aromatic nitrogens is 5. The molecular formula is C27H34N8O2. The number of aryl methyl sites for hydroxylation is 1. The number of rotatable bonds is 5. The number of aromatic amines is 1. The summed E-state index contributed by atoms with van der Waals surface area (Å²) in [6, 6.07) is 12.4. The zero-order valence-electron chi connectivity index (χ0n) is 22.0. The summed E-state index contributed by atoms with van der Waals surface area (Å²) in [5, 5.41) is 7.58. The molecule has 194 valence electrons. The molecule has 4 heterocycles. The first-order valence-electron chi connectivity index (χ1n) is 12.6. The minimum atomic E-state index is -0.483. The van der Waals surface area contributed by atoms with Crippen molar-refractivity contribution in [3.8, 4) is 11.3 Å². The topological polar surface area (TPSA) is 104 Å². The Morgan fingerprint density at radius 2 is 1.86 bits per heavy atom. The number of nitrogens with zero attached hydrogens (tertiary/aromatic N) is 6. The highest BCUT2D eigenvalue weighted by molar-refractivity contribution is 5.83. The largest absolute Gasteiger partial charge is 0.444 e. The van der Waals surface area contributed by atoms with Gasteiger partial charge in [-0.1, -0.05) is 6.07 Å². The van der Waals surface area contributed by atoms with Gasteiger partial charge in [-0.3, -0.25) is 9.58 Å². The van der Waals surface area contributed by atoms with Gasteiger partial charge in [0.15, 0.2) is 0 Å². The van der Waals surface area contributed by atoms with E-state index in [1.54, 1.807) is 11.1 Å². The van der Waals surface area contributed by atoms with Gasteiger partial charge in [0.05, 0.1) is 16.7 Å². The molecule has 1 aliphatic rings. The van der Waals surface area contributed by atoms with Crippen LogP contribution in [0, 0.1) is 0 Å². The molecule has 0 bridgehead atoms. The average molecular weight is 503 g/mol. The summed E-state index contributed by atoms with van der Waals surface area (Å²) in [5.41, 5.74) is 4.60. The summed E-state index contributed by atoms with van der Waals surface area (Å²) in [6.07, 6.45) is 3.36. The molecule has 10 nitrogen and oxygen atoms in total. The van der Waals surface area contributed by atoms with E-state index in [0.717, 1.165) is 46.8 Å². The van der Waals surface area contributed by atoms with Crippen LogP contribution in [0.25, 0.3) is 22.3 Å². The maximum atomic E-state index is 12.4. The monoisotopic (exact) mass is 502 g/mol. The normalized spacial score (nSPS) is 15.6. The number of nitrogens with one attached hydrogen (secondary N) is 2. The van der Waals surface area contributed by atoms with Gasteiger partial charge < -0.3 is 19.9 Å². The summed E-state index contributed by atoms with van der Waals surface area (Å²) in [4.78, 5) is 29.1. The van der Waals surface area contributed by atoms with E-state index < -0.39 is 5.60 Å². The molecule has 0 spiro atoms. The van der Waals surface area contributed by atoms with Crippen molar-refractivity contribution in [2.75, 3.05) is 31.5 Å². The summed E-state index contributed by atoms with van der Waals surface area (Å²) >= 11 is 0. The van der Waals surface area contributed by atoms with Crippen molar-refractivity contribution in [3.05, 3.63) is 54.4 Å². The number of amides is 1. The number of benzene rings is 1. The van der Waals surface area contributed by atoms with Crippen LogP contribution < -0.4 is 5.32 Å². The van der Waals surface area contributed by atoms with Crippen LogP contribution in [0.1, 0.15) is 39.3 Å². The van der Waals surface area contributed by atoms with Crippen LogP contribution in [0.5, 0.6) is 0 Å². The molecule has 10 heteroatoms. The fourth-order valence-electron chi connectivity index (χ4n) is 4.61. The Hall–Kier alpha value is -3.92. The highest BCUT2D eigenvalue weighted by Gasteiger charge is 2.28. The van der Waals surface area contributed by atoms with Crippen LogP contribution >= 0.6 is 0 Å². The molecule has 1 aliphatic heterocycles. The molecule has 4 aromatic rings. The average Bonchev–Trinajstić information content (AvgIpc) is 3.47. The van der Waals surface area contributed by atoms with E-state index in [4.69, 9.17) is 4.74 Å². The molecule has 5 rings (SSSR count). The molecule has 1 saturated heterocycles. The number of imidazole rings is 1. The quantitative estimate of drug-likeness (QED) is 0.407. The van der Waals surface area contributed by atoms with Gasteiger partial charge in [0.1, 0.15) is 11.4 Å². The Kier molecular flexibility index (Phi) is 6.59. The molecule has 3 aromatic heterocycles. The van der Waals surface area contributed by atoms with Crippen molar-refractivity contribution in [1.82, 2.24) is 34.5 Å². The van der Waals surface area contributed by atoms with Crippen LogP contribution in [0.3, 0.4) is 0 Å². The number of H-pyrrole nitrogens is 1.